The van der Waals surface area contributed by atoms with Crippen molar-refractivity contribution >= 4 is 29.3 Å². The summed E-state index contributed by atoms with van der Waals surface area (Å²) >= 11 is 6.06. The molecule has 5 aromatic rings. The quantitative estimate of drug-likeness (QED) is 0.134. The van der Waals surface area contributed by atoms with E-state index in [1.807, 2.05) is 109 Å². The van der Waals surface area contributed by atoms with E-state index >= 15 is 0 Å². The molecule has 8 heteroatoms. The van der Waals surface area contributed by atoms with Gasteiger partial charge in [-0.1, -0.05) is 109 Å². The number of benzene rings is 5. The molecule has 0 radical (unpaired) electrons. The first kappa shape index (κ1) is 32.1. The predicted molar refractivity (Wildman–Crippen MR) is 180 cm³/mol. The van der Waals surface area contributed by atoms with Crippen molar-refractivity contribution in [3.8, 4) is 11.5 Å². The van der Waals surface area contributed by atoms with E-state index in [2.05, 4.69) is 5.32 Å². The number of carbonyl (C=O) groups is 2. The van der Waals surface area contributed by atoms with Gasteiger partial charge in [-0.3, -0.25) is 9.69 Å². The second-order valence-electron chi connectivity index (χ2n) is 10.5. The summed E-state index contributed by atoms with van der Waals surface area (Å²) in [5.74, 6) is 0.939. The van der Waals surface area contributed by atoms with Crippen LogP contribution in [-0.2, 0) is 35.8 Å². The molecule has 0 aliphatic rings. The topological polar surface area (TPSA) is 77.1 Å². The maximum absolute atomic E-state index is 13.1. The molecule has 46 heavy (non-hydrogen) atoms. The molecule has 0 saturated carbocycles. The summed E-state index contributed by atoms with van der Waals surface area (Å²) < 4.78 is 17.8. The van der Waals surface area contributed by atoms with Crippen molar-refractivity contribution < 1.29 is 23.8 Å². The Balaban J connectivity index is 1.20. The SMILES string of the molecule is O=C(CN(C(=O)OCc1ccccc1)c1ccc(Cl)cc1)NCCc1ccc(OCc2ccccc2)c(OCc2ccccc2)c1. The minimum absolute atomic E-state index is 0.0884. The van der Waals surface area contributed by atoms with Gasteiger partial charge in [0.1, 0.15) is 26.4 Å². The summed E-state index contributed by atoms with van der Waals surface area (Å²) in [7, 11) is 0. The zero-order valence-corrected chi connectivity index (χ0v) is 26.1. The molecule has 2 amide bonds. The molecule has 0 bridgehead atoms. The number of hydrogen-bond donors (Lipinski definition) is 1. The molecular weight excluding hydrogens is 600 g/mol. The number of nitrogens with zero attached hydrogens (tertiary/aromatic N) is 1. The summed E-state index contributed by atoms with van der Waals surface area (Å²) in [5.41, 5.74) is 4.41. The summed E-state index contributed by atoms with van der Waals surface area (Å²) in [6.07, 6.45) is -0.0844. The monoisotopic (exact) mass is 634 g/mol. The number of amides is 2. The van der Waals surface area contributed by atoms with Crippen LogP contribution in [0.5, 0.6) is 11.5 Å². The summed E-state index contributed by atoms with van der Waals surface area (Å²) in [6.45, 7) is 1.03. The second kappa shape index (κ2) is 16.7. The van der Waals surface area contributed by atoms with Gasteiger partial charge in [-0.25, -0.2) is 4.79 Å². The minimum atomic E-state index is -0.632. The third-order valence-corrected chi connectivity index (χ3v) is 7.34. The molecule has 7 nitrogen and oxygen atoms in total. The van der Waals surface area contributed by atoms with Gasteiger partial charge in [0.25, 0.3) is 0 Å². The van der Waals surface area contributed by atoms with E-state index in [1.165, 1.54) is 4.90 Å². The van der Waals surface area contributed by atoms with Crippen molar-refractivity contribution in [3.05, 3.63) is 161 Å². The van der Waals surface area contributed by atoms with Crippen LogP contribution in [0.4, 0.5) is 10.5 Å². The lowest BCUT2D eigenvalue weighted by Crippen LogP contribution is -2.41. The summed E-state index contributed by atoms with van der Waals surface area (Å²) in [4.78, 5) is 27.4. The molecule has 0 aromatic heterocycles. The van der Waals surface area contributed by atoms with Crippen LogP contribution in [0.25, 0.3) is 0 Å². The largest absolute Gasteiger partial charge is 0.485 e. The van der Waals surface area contributed by atoms with Crippen LogP contribution in [0.15, 0.2) is 133 Å². The van der Waals surface area contributed by atoms with Gasteiger partial charge in [-0.05, 0) is 65.1 Å². The second-order valence-corrected chi connectivity index (χ2v) is 11.0. The van der Waals surface area contributed by atoms with Crippen LogP contribution in [0.2, 0.25) is 5.02 Å². The molecule has 0 unspecified atom stereocenters. The highest BCUT2D eigenvalue weighted by Crippen LogP contribution is 2.30. The molecule has 5 aromatic carbocycles. The molecular formula is C38H35ClN2O5. The highest BCUT2D eigenvalue weighted by atomic mass is 35.5. The summed E-state index contributed by atoms with van der Waals surface area (Å²) in [6, 6.07) is 41.7. The Morgan fingerprint density at radius 3 is 1.74 bits per heavy atom. The lowest BCUT2D eigenvalue weighted by molar-refractivity contribution is -0.119. The van der Waals surface area contributed by atoms with Crippen LogP contribution < -0.4 is 19.7 Å². The Bertz CT molecular complexity index is 1680. The van der Waals surface area contributed by atoms with Gasteiger partial charge < -0.3 is 19.5 Å². The Morgan fingerprint density at radius 1 is 0.609 bits per heavy atom. The van der Waals surface area contributed by atoms with E-state index in [1.54, 1.807) is 24.3 Å². The molecule has 0 atom stereocenters. The fourth-order valence-corrected chi connectivity index (χ4v) is 4.76. The molecule has 234 valence electrons. The number of rotatable bonds is 14. The lowest BCUT2D eigenvalue weighted by Gasteiger charge is -2.22. The molecule has 1 N–H and O–H groups in total. The lowest BCUT2D eigenvalue weighted by atomic mass is 10.1. The van der Waals surface area contributed by atoms with Gasteiger partial charge in [0.15, 0.2) is 11.5 Å². The van der Waals surface area contributed by atoms with Gasteiger partial charge in [0.2, 0.25) is 5.91 Å². The van der Waals surface area contributed by atoms with E-state index in [0.717, 1.165) is 22.3 Å². The molecule has 5 rings (SSSR count). The van der Waals surface area contributed by atoms with E-state index in [4.69, 9.17) is 25.8 Å². The molecule has 0 aliphatic heterocycles. The summed E-state index contributed by atoms with van der Waals surface area (Å²) in [5, 5.41) is 3.45. The van der Waals surface area contributed by atoms with Crippen molar-refractivity contribution in [2.75, 3.05) is 18.0 Å². The molecule has 0 aliphatic carbocycles. The normalized spacial score (nSPS) is 10.5. The minimum Gasteiger partial charge on any atom is -0.485 e. The van der Waals surface area contributed by atoms with E-state index in [-0.39, 0.29) is 19.1 Å². The maximum Gasteiger partial charge on any atom is 0.415 e. The van der Waals surface area contributed by atoms with Gasteiger partial charge in [0, 0.05) is 17.3 Å². The number of halogens is 1. The number of anilines is 1. The van der Waals surface area contributed by atoms with Crippen LogP contribution >= 0.6 is 11.6 Å². The highest BCUT2D eigenvalue weighted by Gasteiger charge is 2.21. The Hall–Kier alpha value is -5.27. The Kier molecular flexibility index (Phi) is 11.7. The number of nitrogens with one attached hydrogen (secondary N) is 1. The number of ether oxygens (including phenoxy) is 3. The van der Waals surface area contributed by atoms with Gasteiger partial charge in [-0.2, -0.15) is 0 Å². The molecule has 0 fully saturated rings. The van der Waals surface area contributed by atoms with Crippen molar-refractivity contribution in [1.29, 1.82) is 0 Å². The number of carbonyl (C=O) groups excluding carboxylic acids is 2. The van der Waals surface area contributed by atoms with Crippen molar-refractivity contribution in [2.45, 2.75) is 26.2 Å². The standard InChI is InChI=1S/C38H35ClN2O5/c39-33-17-19-34(20-18-33)41(38(43)46-28-32-14-8-3-9-15-32)25-37(42)40-23-22-29-16-21-35(44-26-30-10-4-1-5-11-30)36(24-29)45-27-31-12-6-2-7-13-31/h1-21,24H,22-23,25-28H2,(H,40,42). The average molecular weight is 635 g/mol. The first-order valence-electron chi connectivity index (χ1n) is 15.0. The average Bonchev–Trinajstić information content (AvgIpc) is 3.10. The van der Waals surface area contributed by atoms with E-state index < -0.39 is 6.09 Å². The third-order valence-electron chi connectivity index (χ3n) is 7.08. The zero-order chi connectivity index (χ0) is 32.0. The van der Waals surface area contributed by atoms with Crippen LogP contribution in [0.1, 0.15) is 22.3 Å². The van der Waals surface area contributed by atoms with Gasteiger partial charge in [0.05, 0.1) is 0 Å². The van der Waals surface area contributed by atoms with E-state index in [9.17, 15) is 9.59 Å². The highest BCUT2D eigenvalue weighted by molar-refractivity contribution is 6.30. The van der Waals surface area contributed by atoms with Crippen molar-refractivity contribution in [3.63, 3.8) is 0 Å². The van der Waals surface area contributed by atoms with Crippen molar-refractivity contribution in [2.24, 2.45) is 0 Å². The third kappa shape index (κ3) is 9.87. The van der Waals surface area contributed by atoms with Crippen LogP contribution in [-0.4, -0.2) is 25.1 Å². The fraction of sp³-hybridized carbons (Fsp3) is 0.158. The predicted octanol–water partition coefficient (Wildman–Crippen LogP) is 8.00. The molecule has 0 heterocycles. The fourth-order valence-electron chi connectivity index (χ4n) is 4.64. The van der Waals surface area contributed by atoms with Crippen LogP contribution in [0.3, 0.4) is 0 Å². The molecule has 0 spiro atoms. The van der Waals surface area contributed by atoms with Gasteiger partial charge >= 0.3 is 6.09 Å². The zero-order valence-electron chi connectivity index (χ0n) is 25.3. The smallest absolute Gasteiger partial charge is 0.415 e. The maximum atomic E-state index is 13.1. The first-order valence-corrected chi connectivity index (χ1v) is 15.4. The van der Waals surface area contributed by atoms with Crippen LogP contribution in [0, 0.1) is 0 Å². The van der Waals surface area contributed by atoms with Crippen molar-refractivity contribution in [1.82, 2.24) is 5.32 Å². The van der Waals surface area contributed by atoms with Gasteiger partial charge in [-0.15, -0.1) is 0 Å². The first-order chi connectivity index (χ1) is 22.5. The number of hydrogen-bond acceptors (Lipinski definition) is 5. The Labute approximate surface area is 274 Å². The van der Waals surface area contributed by atoms with E-state index in [0.29, 0.717) is 48.4 Å². The Morgan fingerprint density at radius 2 is 1.15 bits per heavy atom. The molecule has 0 saturated heterocycles.